The van der Waals surface area contributed by atoms with Crippen molar-refractivity contribution in [2.45, 2.75) is 13.0 Å². The molecule has 0 radical (unpaired) electrons. The van der Waals surface area contributed by atoms with Gasteiger partial charge < -0.3 is 0 Å². The molecule has 3 aromatic rings. The summed E-state index contributed by atoms with van der Waals surface area (Å²) in [5.41, 5.74) is 1.87. The molecule has 0 spiro atoms. The molecule has 0 saturated heterocycles. The molecule has 0 aliphatic rings. The molecule has 2 aromatic heterocycles. The molecule has 20 heavy (non-hydrogen) atoms. The Kier molecular flexibility index (Phi) is 3.60. The van der Waals surface area contributed by atoms with Gasteiger partial charge in [0.1, 0.15) is 4.60 Å². The Bertz CT molecular complexity index is 813. The van der Waals surface area contributed by atoms with Gasteiger partial charge in [-0.3, -0.25) is 9.36 Å². The van der Waals surface area contributed by atoms with Crippen LogP contribution in [0.4, 0.5) is 0 Å². The van der Waals surface area contributed by atoms with E-state index < -0.39 is 0 Å². The molecule has 2 heterocycles. The van der Waals surface area contributed by atoms with Crippen molar-refractivity contribution in [1.82, 2.24) is 14.5 Å². The summed E-state index contributed by atoms with van der Waals surface area (Å²) in [5, 5.41) is 0.658. The first-order valence-corrected chi connectivity index (χ1v) is 7.08. The average Bonchev–Trinajstić information content (AvgIpc) is 2.47. The Morgan fingerprint density at radius 2 is 2.00 bits per heavy atom. The first-order chi connectivity index (χ1) is 9.74. The van der Waals surface area contributed by atoms with Crippen LogP contribution in [0.1, 0.15) is 5.56 Å². The zero-order valence-corrected chi connectivity index (χ0v) is 12.2. The minimum atomic E-state index is 0.00345. The Morgan fingerprint density at radius 1 is 1.15 bits per heavy atom. The van der Waals surface area contributed by atoms with Gasteiger partial charge in [-0.2, -0.15) is 0 Å². The van der Waals surface area contributed by atoms with Crippen molar-refractivity contribution in [1.29, 1.82) is 0 Å². The van der Waals surface area contributed by atoms with E-state index in [1.54, 1.807) is 17.1 Å². The van der Waals surface area contributed by atoms with E-state index in [2.05, 4.69) is 25.9 Å². The summed E-state index contributed by atoms with van der Waals surface area (Å²) in [5.74, 6) is 0. The summed E-state index contributed by atoms with van der Waals surface area (Å²) in [7, 11) is 0. The molecule has 0 N–H and O–H groups in total. The topological polar surface area (TPSA) is 47.8 Å². The predicted molar refractivity (Wildman–Crippen MR) is 81.6 cm³/mol. The highest BCUT2D eigenvalue weighted by molar-refractivity contribution is 9.10. The fourth-order valence-corrected chi connectivity index (χ4v) is 2.53. The Morgan fingerprint density at radius 3 is 2.85 bits per heavy atom. The lowest BCUT2D eigenvalue weighted by molar-refractivity contribution is 0.662. The number of aromatic nitrogens is 3. The van der Waals surface area contributed by atoms with E-state index in [0.29, 0.717) is 11.9 Å². The number of rotatable bonds is 3. The molecule has 4 nitrogen and oxygen atoms in total. The monoisotopic (exact) mass is 329 g/mol. The highest BCUT2D eigenvalue weighted by atomic mass is 79.9. The molecule has 0 unspecified atom stereocenters. The maximum absolute atomic E-state index is 12.3. The average molecular weight is 330 g/mol. The molecule has 1 aromatic carbocycles. The van der Waals surface area contributed by atoms with Crippen LogP contribution in [0.3, 0.4) is 0 Å². The summed E-state index contributed by atoms with van der Waals surface area (Å²) in [4.78, 5) is 20.7. The smallest absolute Gasteiger partial charge is 0.261 e. The molecule has 0 aliphatic heterocycles. The van der Waals surface area contributed by atoms with Crippen molar-refractivity contribution in [2.75, 3.05) is 0 Å². The molecule has 0 atom stereocenters. The number of para-hydroxylation sites is 1. The van der Waals surface area contributed by atoms with Crippen LogP contribution in [0.2, 0.25) is 0 Å². The van der Waals surface area contributed by atoms with Gasteiger partial charge in [-0.1, -0.05) is 12.1 Å². The van der Waals surface area contributed by atoms with Gasteiger partial charge in [-0.05, 0) is 52.2 Å². The standard InChI is InChI=1S/C15H12BrN3O/c16-14-9-11(5-7-17-14)6-8-19-10-18-13-4-2-1-3-12(13)15(19)20/h1-5,7,9-10H,6,8H2. The van der Waals surface area contributed by atoms with Gasteiger partial charge in [0.15, 0.2) is 0 Å². The summed E-state index contributed by atoms with van der Waals surface area (Å²) in [6.07, 6.45) is 4.13. The zero-order valence-electron chi connectivity index (χ0n) is 10.7. The van der Waals surface area contributed by atoms with Crippen LogP contribution in [0.5, 0.6) is 0 Å². The van der Waals surface area contributed by atoms with Crippen LogP contribution < -0.4 is 5.56 Å². The number of pyridine rings is 1. The molecule has 0 bridgehead atoms. The lowest BCUT2D eigenvalue weighted by Gasteiger charge is -2.06. The molecule has 0 fully saturated rings. The van der Waals surface area contributed by atoms with Crippen molar-refractivity contribution < 1.29 is 0 Å². The Labute approximate surface area is 124 Å². The molecule has 5 heteroatoms. The van der Waals surface area contributed by atoms with Crippen LogP contribution in [-0.2, 0) is 13.0 Å². The lowest BCUT2D eigenvalue weighted by atomic mass is 10.2. The third-order valence-corrected chi connectivity index (χ3v) is 3.60. The Hall–Kier alpha value is -2.01. The summed E-state index contributed by atoms with van der Waals surface area (Å²) < 4.78 is 2.45. The number of aryl methyl sites for hydroxylation is 2. The number of hydrogen-bond donors (Lipinski definition) is 0. The van der Waals surface area contributed by atoms with Gasteiger partial charge in [-0.25, -0.2) is 9.97 Å². The van der Waals surface area contributed by atoms with Crippen LogP contribution in [0, 0.1) is 0 Å². The van der Waals surface area contributed by atoms with E-state index >= 15 is 0 Å². The maximum atomic E-state index is 12.3. The minimum Gasteiger partial charge on any atom is -0.298 e. The molecule has 100 valence electrons. The van der Waals surface area contributed by atoms with Gasteiger partial charge in [-0.15, -0.1) is 0 Å². The highest BCUT2D eigenvalue weighted by Gasteiger charge is 2.03. The van der Waals surface area contributed by atoms with E-state index in [1.807, 2.05) is 36.4 Å². The third-order valence-electron chi connectivity index (χ3n) is 3.16. The highest BCUT2D eigenvalue weighted by Crippen LogP contribution is 2.09. The fraction of sp³-hybridized carbons (Fsp3) is 0.133. The summed E-state index contributed by atoms with van der Waals surface area (Å²) >= 11 is 3.34. The maximum Gasteiger partial charge on any atom is 0.261 e. The lowest BCUT2D eigenvalue weighted by Crippen LogP contribution is -2.21. The first-order valence-electron chi connectivity index (χ1n) is 6.29. The number of fused-ring (bicyclic) bond motifs is 1. The molecule has 0 aliphatic carbocycles. The van der Waals surface area contributed by atoms with Crippen LogP contribution in [0.25, 0.3) is 10.9 Å². The number of nitrogens with zero attached hydrogens (tertiary/aromatic N) is 3. The van der Waals surface area contributed by atoms with Crippen LogP contribution >= 0.6 is 15.9 Å². The molecular weight excluding hydrogens is 318 g/mol. The quantitative estimate of drug-likeness (QED) is 0.694. The molecule has 0 amide bonds. The van der Waals surface area contributed by atoms with Crippen molar-refractivity contribution >= 4 is 26.8 Å². The van der Waals surface area contributed by atoms with E-state index in [4.69, 9.17) is 0 Å². The predicted octanol–water partition coefficient (Wildman–Crippen LogP) is 2.80. The second-order valence-electron chi connectivity index (χ2n) is 4.50. The second-order valence-corrected chi connectivity index (χ2v) is 5.31. The number of halogens is 1. The largest absolute Gasteiger partial charge is 0.298 e. The van der Waals surface area contributed by atoms with E-state index in [-0.39, 0.29) is 5.56 Å². The number of benzene rings is 1. The number of hydrogen-bond acceptors (Lipinski definition) is 3. The normalized spacial score (nSPS) is 10.8. The van der Waals surface area contributed by atoms with Gasteiger partial charge >= 0.3 is 0 Å². The van der Waals surface area contributed by atoms with E-state index in [1.165, 1.54) is 0 Å². The van der Waals surface area contributed by atoms with Crippen molar-refractivity contribution in [3.8, 4) is 0 Å². The van der Waals surface area contributed by atoms with E-state index in [9.17, 15) is 4.79 Å². The van der Waals surface area contributed by atoms with Crippen molar-refractivity contribution in [2.24, 2.45) is 0 Å². The minimum absolute atomic E-state index is 0.00345. The van der Waals surface area contributed by atoms with Crippen molar-refractivity contribution in [3.05, 3.63) is 69.4 Å². The summed E-state index contributed by atoms with van der Waals surface area (Å²) in [6.45, 7) is 0.604. The van der Waals surface area contributed by atoms with Gasteiger partial charge in [0, 0.05) is 12.7 Å². The third kappa shape index (κ3) is 2.63. The first kappa shape index (κ1) is 13.0. The molecule has 0 saturated carbocycles. The summed E-state index contributed by atoms with van der Waals surface area (Å²) in [6, 6.07) is 11.3. The Balaban J connectivity index is 1.88. The van der Waals surface area contributed by atoms with E-state index in [0.717, 1.165) is 22.1 Å². The van der Waals surface area contributed by atoms with Crippen molar-refractivity contribution in [3.63, 3.8) is 0 Å². The molecule has 3 rings (SSSR count). The fourth-order valence-electron chi connectivity index (χ4n) is 2.11. The van der Waals surface area contributed by atoms with Gasteiger partial charge in [0.25, 0.3) is 5.56 Å². The van der Waals surface area contributed by atoms with Crippen LogP contribution in [-0.4, -0.2) is 14.5 Å². The zero-order chi connectivity index (χ0) is 13.9. The molecular formula is C15H12BrN3O. The van der Waals surface area contributed by atoms with Gasteiger partial charge in [0.2, 0.25) is 0 Å². The van der Waals surface area contributed by atoms with Crippen LogP contribution in [0.15, 0.2) is 58.3 Å². The van der Waals surface area contributed by atoms with Gasteiger partial charge in [0.05, 0.1) is 17.2 Å². The SMILES string of the molecule is O=c1c2ccccc2ncn1CCc1ccnc(Br)c1. The second kappa shape index (κ2) is 5.54.